The molecule has 0 aromatic heterocycles. The van der Waals surface area contributed by atoms with Crippen molar-refractivity contribution < 1.29 is 4.79 Å². The Hall–Kier alpha value is -0.790. The van der Waals surface area contributed by atoms with Crippen molar-refractivity contribution in [2.45, 2.75) is 84.0 Å². The number of carbonyl (C=O) groups excluding carboxylic acids is 1. The van der Waals surface area contributed by atoms with E-state index < -0.39 is 0 Å². The van der Waals surface area contributed by atoms with Crippen molar-refractivity contribution in [1.29, 1.82) is 0 Å². The van der Waals surface area contributed by atoms with E-state index in [0.717, 1.165) is 25.9 Å². The third kappa shape index (κ3) is 8.39. The van der Waals surface area contributed by atoms with Crippen molar-refractivity contribution in [3.05, 3.63) is 12.2 Å². The maximum Gasteiger partial charge on any atom is 0.222 e. The van der Waals surface area contributed by atoms with Crippen LogP contribution in [0.2, 0.25) is 0 Å². The van der Waals surface area contributed by atoms with E-state index in [0.29, 0.717) is 5.91 Å². The number of allylic oxidation sites excluding steroid dienone is 2. The highest BCUT2D eigenvalue weighted by molar-refractivity contribution is 5.76. The van der Waals surface area contributed by atoms with Gasteiger partial charge in [0, 0.05) is 19.5 Å². The molecule has 1 heterocycles. The van der Waals surface area contributed by atoms with Gasteiger partial charge in [0.15, 0.2) is 0 Å². The summed E-state index contributed by atoms with van der Waals surface area (Å²) in [5.41, 5.74) is 0. The molecule has 20 heavy (non-hydrogen) atoms. The Kier molecular flexibility index (Phi) is 10.3. The minimum atomic E-state index is 0.403. The quantitative estimate of drug-likeness (QED) is 0.425. The van der Waals surface area contributed by atoms with E-state index in [1.165, 1.54) is 64.2 Å². The molecule has 0 atom stereocenters. The lowest BCUT2D eigenvalue weighted by Gasteiger charge is -2.20. The van der Waals surface area contributed by atoms with Gasteiger partial charge in [-0.15, -0.1) is 0 Å². The molecule has 2 heteroatoms. The predicted octanol–water partition coefficient (Wildman–Crippen LogP) is 5.09. The smallest absolute Gasteiger partial charge is 0.222 e. The summed E-state index contributed by atoms with van der Waals surface area (Å²) in [6.45, 7) is 4.09. The number of rotatable bonds is 9. The van der Waals surface area contributed by atoms with Crippen LogP contribution >= 0.6 is 0 Å². The number of hydrogen-bond acceptors (Lipinski definition) is 1. The summed E-state index contributed by atoms with van der Waals surface area (Å²) in [6, 6.07) is 0. The summed E-state index contributed by atoms with van der Waals surface area (Å²) < 4.78 is 0. The Morgan fingerprint density at radius 2 is 1.50 bits per heavy atom. The van der Waals surface area contributed by atoms with Gasteiger partial charge in [-0.2, -0.15) is 0 Å². The molecule has 1 amide bonds. The number of unbranched alkanes of at least 4 members (excludes halogenated alkanes) is 6. The lowest BCUT2D eigenvalue weighted by molar-refractivity contribution is -0.131. The largest absolute Gasteiger partial charge is 0.343 e. The van der Waals surface area contributed by atoms with Crippen LogP contribution < -0.4 is 0 Å². The van der Waals surface area contributed by atoms with E-state index in [4.69, 9.17) is 0 Å². The summed E-state index contributed by atoms with van der Waals surface area (Å²) >= 11 is 0. The van der Waals surface area contributed by atoms with Crippen molar-refractivity contribution >= 4 is 5.91 Å². The second-order valence-electron chi connectivity index (χ2n) is 6.02. The molecule has 116 valence electrons. The van der Waals surface area contributed by atoms with E-state index in [9.17, 15) is 4.79 Å². The van der Waals surface area contributed by atoms with Crippen LogP contribution in [-0.2, 0) is 4.79 Å². The maximum atomic E-state index is 12.1. The lowest BCUT2D eigenvalue weighted by atomic mass is 10.1. The summed E-state index contributed by atoms with van der Waals surface area (Å²) in [5.74, 6) is 0.403. The van der Waals surface area contributed by atoms with Crippen LogP contribution in [0.3, 0.4) is 0 Å². The van der Waals surface area contributed by atoms with Gasteiger partial charge in [-0.3, -0.25) is 4.79 Å². The van der Waals surface area contributed by atoms with E-state index in [1.54, 1.807) is 0 Å². The first-order chi connectivity index (χ1) is 9.84. The third-order valence-electron chi connectivity index (χ3n) is 4.21. The second kappa shape index (κ2) is 12.0. The van der Waals surface area contributed by atoms with E-state index in [2.05, 4.69) is 24.0 Å². The standard InChI is InChI=1S/C18H33NO/c1-2-3-4-5-6-7-8-9-12-15-18(20)19-16-13-10-11-14-17-19/h2-3H,4-17H2,1H3/b3-2+. The van der Waals surface area contributed by atoms with Crippen molar-refractivity contribution in [3.8, 4) is 0 Å². The highest BCUT2D eigenvalue weighted by Crippen LogP contribution is 2.13. The van der Waals surface area contributed by atoms with Gasteiger partial charge in [0.1, 0.15) is 0 Å². The fourth-order valence-electron chi connectivity index (χ4n) is 2.89. The summed E-state index contributed by atoms with van der Waals surface area (Å²) in [7, 11) is 0. The van der Waals surface area contributed by atoms with Crippen molar-refractivity contribution in [3.63, 3.8) is 0 Å². The number of amides is 1. The number of hydrogen-bond donors (Lipinski definition) is 0. The highest BCUT2D eigenvalue weighted by atomic mass is 16.2. The van der Waals surface area contributed by atoms with Crippen molar-refractivity contribution in [2.24, 2.45) is 0 Å². The fraction of sp³-hybridized carbons (Fsp3) is 0.833. The van der Waals surface area contributed by atoms with Gasteiger partial charge in [-0.05, 0) is 39.0 Å². The second-order valence-corrected chi connectivity index (χ2v) is 6.02. The molecule has 0 saturated carbocycles. The first kappa shape index (κ1) is 17.3. The Morgan fingerprint density at radius 3 is 2.15 bits per heavy atom. The fourth-order valence-corrected chi connectivity index (χ4v) is 2.89. The van der Waals surface area contributed by atoms with Crippen molar-refractivity contribution in [1.82, 2.24) is 4.90 Å². The predicted molar refractivity (Wildman–Crippen MR) is 86.8 cm³/mol. The monoisotopic (exact) mass is 279 g/mol. The summed E-state index contributed by atoms with van der Waals surface area (Å²) in [4.78, 5) is 14.2. The molecule has 0 radical (unpaired) electrons. The molecule has 1 aliphatic rings. The topological polar surface area (TPSA) is 20.3 Å². The normalized spacial score (nSPS) is 16.6. The van der Waals surface area contributed by atoms with Crippen LogP contribution in [0.25, 0.3) is 0 Å². The van der Waals surface area contributed by atoms with Crippen LogP contribution in [0.4, 0.5) is 0 Å². The van der Waals surface area contributed by atoms with Gasteiger partial charge in [-0.1, -0.05) is 50.7 Å². The zero-order chi connectivity index (χ0) is 14.5. The van der Waals surface area contributed by atoms with Crippen LogP contribution in [-0.4, -0.2) is 23.9 Å². The minimum Gasteiger partial charge on any atom is -0.343 e. The molecule has 0 aliphatic carbocycles. The molecule has 0 aromatic carbocycles. The Bertz CT molecular complexity index is 265. The molecule has 1 aliphatic heterocycles. The number of nitrogens with zero attached hydrogens (tertiary/aromatic N) is 1. The van der Waals surface area contributed by atoms with Crippen LogP contribution in [0.15, 0.2) is 12.2 Å². The number of carbonyl (C=O) groups is 1. The first-order valence-corrected chi connectivity index (χ1v) is 8.73. The van der Waals surface area contributed by atoms with Gasteiger partial charge < -0.3 is 4.90 Å². The summed E-state index contributed by atoms with van der Waals surface area (Å²) in [6.07, 6.45) is 19.0. The molecule has 1 fully saturated rings. The Labute approximate surface area is 125 Å². The molecule has 0 N–H and O–H groups in total. The molecular formula is C18H33NO. The molecular weight excluding hydrogens is 246 g/mol. The Morgan fingerprint density at radius 1 is 0.900 bits per heavy atom. The highest BCUT2D eigenvalue weighted by Gasteiger charge is 2.14. The van der Waals surface area contributed by atoms with E-state index >= 15 is 0 Å². The van der Waals surface area contributed by atoms with Crippen LogP contribution in [0.5, 0.6) is 0 Å². The van der Waals surface area contributed by atoms with Gasteiger partial charge >= 0.3 is 0 Å². The molecule has 1 saturated heterocycles. The van der Waals surface area contributed by atoms with Crippen LogP contribution in [0.1, 0.15) is 84.0 Å². The van der Waals surface area contributed by atoms with Gasteiger partial charge in [0.25, 0.3) is 0 Å². The lowest BCUT2D eigenvalue weighted by Crippen LogP contribution is -2.31. The van der Waals surface area contributed by atoms with Gasteiger partial charge in [-0.25, -0.2) is 0 Å². The average molecular weight is 279 g/mol. The molecule has 0 spiro atoms. The first-order valence-electron chi connectivity index (χ1n) is 8.73. The molecule has 1 rings (SSSR count). The average Bonchev–Trinajstić information content (AvgIpc) is 2.74. The Balaban J connectivity index is 1.93. The molecule has 0 unspecified atom stereocenters. The molecule has 0 aromatic rings. The zero-order valence-electron chi connectivity index (χ0n) is 13.4. The van der Waals surface area contributed by atoms with Crippen molar-refractivity contribution in [2.75, 3.05) is 13.1 Å². The molecule has 2 nitrogen and oxygen atoms in total. The SMILES string of the molecule is C/C=C/CCCCCCCCC(=O)N1CCCCCC1. The third-order valence-corrected chi connectivity index (χ3v) is 4.21. The maximum absolute atomic E-state index is 12.1. The van der Waals surface area contributed by atoms with Gasteiger partial charge in [0.05, 0.1) is 0 Å². The van der Waals surface area contributed by atoms with E-state index in [1.807, 2.05) is 0 Å². The number of likely N-dealkylation sites (tertiary alicyclic amines) is 1. The summed E-state index contributed by atoms with van der Waals surface area (Å²) in [5, 5.41) is 0. The minimum absolute atomic E-state index is 0.403. The van der Waals surface area contributed by atoms with Crippen LogP contribution in [0, 0.1) is 0 Å². The molecule has 0 bridgehead atoms. The van der Waals surface area contributed by atoms with Gasteiger partial charge in [0.2, 0.25) is 5.91 Å². The van der Waals surface area contributed by atoms with E-state index in [-0.39, 0.29) is 0 Å². The zero-order valence-corrected chi connectivity index (χ0v) is 13.4.